The largest absolute Gasteiger partial charge is 0.383 e. The number of methoxy groups -OCH3 is 1. The Labute approximate surface area is 122 Å². The summed E-state index contributed by atoms with van der Waals surface area (Å²) in [6.07, 6.45) is 6.73. The first-order chi connectivity index (χ1) is 9.82. The molecule has 4 nitrogen and oxygen atoms in total. The minimum atomic E-state index is 0.235. The average molecular weight is 283 g/mol. The molecule has 3 aliphatic rings. The summed E-state index contributed by atoms with van der Waals surface area (Å²) >= 11 is 0. The van der Waals surface area contributed by atoms with Gasteiger partial charge < -0.3 is 19.1 Å². The van der Waals surface area contributed by atoms with Gasteiger partial charge >= 0.3 is 0 Å². The maximum Gasteiger partial charge on any atom is 0.0677 e. The second-order valence-electron chi connectivity index (χ2n) is 6.84. The SMILES string of the molecule is COCCN1CC[C@@H]2OCCC[C@@]2(COCC2CC2)C1. The van der Waals surface area contributed by atoms with Crippen molar-refractivity contribution in [1.29, 1.82) is 0 Å². The van der Waals surface area contributed by atoms with E-state index < -0.39 is 0 Å². The van der Waals surface area contributed by atoms with Gasteiger partial charge in [-0.2, -0.15) is 0 Å². The molecule has 0 bridgehead atoms. The fraction of sp³-hybridized carbons (Fsp3) is 1.00. The van der Waals surface area contributed by atoms with Crippen molar-refractivity contribution in [1.82, 2.24) is 4.90 Å². The first-order valence-corrected chi connectivity index (χ1v) is 8.23. The molecule has 116 valence electrons. The van der Waals surface area contributed by atoms with Gasteiger partial charge in [0.25, 0.3) is 0 Å². The molecule has 2 heterocycles. The third-order valence-electron chi connectivity index (χ3n) is 5.12. The summed E-state index contributed by atoms with van der Waals surface area (Å²) in [5.74, 6) is 0.850. The highest BCUT2D eigenvalue weighted by molar-refractivity contribution is 4.96. The van der Waals surface area contributed by atoms with Crippen LogP contribution in [0, 0.1) is 11.3 Å². The molecule has 0 aromatic carbocycles. The van der Waals surface area contributed by atoms with Crippen LogP contribution < -0.4 is 0 Å². The number of piperidine rings is 1. The van der Waals surface area contributed by atoms with E-state index in [0.717, 1.165) is 58.4 Å². The highest BCUT2D eigenvalue weighted by Crippen LogP contribution is 2.41. The van der Waals surface area contributed by atoms with Crippen LogP contribution in [0.5, 0.6) is 0 Å². The number of fused-ring (bicyclic) bond motifs is 1. The van der Waals surface area contributed by atoms with Gasteiger partial charge in [0.05, 0.1) is 19.3 Å². The van der Waals surface area contributed by atoms with E-state index >= 15 is 0 Å². The van der Waals surface area contributed by atoms with Crippen molar-refractivity contribution in [3.63, 3.8) is 0 Å². The molecular weight excluding hydrogens is 254 g/mol. The Bertz CT molecular complexity index is 308. The van der Waals surface area contributed by atoms with Crippen molar-refractivity contribution in [2.45, 2.75) is 38.2 Å². The van der Waals surface area contributed by atoms with Crippen LogP contribution in [-0.2, 0) is 14.2 Å². The van der Waals surface area contributed by atoms with Crippen LogP contribution in [-0.4, -0.2) is 64.2 Å². The van der Waals surface area contributed by atoms with Gasteiger partial charge in [-0.15, -0.1) is 0 Å². The lowest BCUT2D eigenvalue weighted by atomic mass is 9.73. The van der Waals surface area contributed by atoms with Crippen LogP contribution in [0.4, 0.5) is 0 Å². The molecule has 2 aliphatic heterocycles. The number of ether oxygens (including phenoxy) is 3. The molecule has 1 aliphatic carbocycles. The summed E-state index contributed by atoms with van der Waals surface area (Å²) in [5, 5.41) is 0. The van der Waals surface area contributed by atoms with E-state index in [1.807, 2.05) is 0 Å². The summed E-state index contributed by atoms with van der Waals surface area (Å²) in [6.45, 7) is 6.90. The van der Waals surface area contributed by atoms with E-state index in [4.69, 9.17) is 14.2 Å². The van der Waals surface area contributed by atoms with Gasteiger partial charge in [-0.1, -0.05) is 0 Å². The molecule has 20 heavy (non-hydrogen) atoms. The highest BCUT2D eigenvalue weighted by atomic mass is 16.5. The number of likely N-dealkylation sites (tertiary alicyclic amines) is 1. The first kappa shape index (κ1) is 14.8. The first-order valence-electron chi connectivity index (χ1n) is 8.23. The number of hydrogen-bond donors (Lipinski definition) is 0. The molecule has 4 heteroatoms. The Balaban J connectivity index is 1.57. The van der Waals surface area contributed by atoms with E-state index in [1.54, 1.807) is 7.11 Å². The van der Waals surface area contributed by atoms with E-state index in [-0.39, 0.29) is 5.41 Å². The van der Waals surface area contributed by atoms with Gasteiger partial charge in [-0.05, 0) is 38.0 Å². The van der Waals surface area contributed by atoms with Gasteiger partial charge in [-0.25, -0.2) is 0 Å². The molecule has 3 rings (SSSR count). The minimum Gasteiger partial charge on any atom is -0.383 e. The topological polar surface area (TPSA) is 30.9 Å². The molecule has 3 fully saturated rings. The van der Waals surface area contributed by atoms with Gasteiger partial charge in [0, 0.05) is 45.4 Å². The van der Waals surface area contributed by atoms with Crippen molar-refractivity contribution >= 4 is 0 Å². The van der Waals surface area contributed by atoms with Crippen molar-refractivity contribution in [3.05, 3.63) is 0 Å². The highest BCUT2D eigenvalue weighted by Gasteiger charge is 2.46. The average Bonchev–Trinajstić information content (AvgIpc) is 3.29. The van der Waals surface area contributed by atoms with Crippen molar-refractivity contribution in [3.8, 4) is 0 Å². The predicted molar refractivity (Wildman–Crippen MR) is 77.9 cm³/mol. The van der Waals surface area contributed by atoms with E-state index in [9.17, 15) is 0 Å². The van der Waals surface area contributed by atoms with Crippen molar-refractivity contribution in [2.24, 2.45) is 11.3 Å². The van der Waals surface area contributed by atoms with Gasteiger partial charge in [0.1, 0.15) is 0 Å². The van der Waals surface area contributed by atoms with Crippen LogP contribution >= 0.6 is 0 Å². The van der Waals surface area contributed by atoms with Gasteiger partial charge in [-0.3, -0.25) is 0 Å². The Morgan fingerprint density at radius 3 is 3.00 bits per heavy atom. The summed E-state index contributed by atoms with van der Waals surface area (Å²) in [4.78, 5) is 2.54. The van der Waals surface area contributed by atoms with Gasteiger partial charge in [0.15, 0.2) is 0 Å². The Kier molecular flexibility index (Phi) is 4.97. The smallest absolute Gasteiger partial charge is 0.0677 e. The number of nitrogens with zero attached hydrogens (tertiary/aromatic N) is 1. The summed E-state index contributed by atoms with van der Waals surface area (Å²) in [6, 6.07) is 0. The number of hydrogen-bond acceptors (Lipinski definition) is 4. The van der Waals surface area contributed by atoms with Crippen LogP contribution in [0.25, 0.3) is 0 Å². The molecule has 0 spiro atoms. The zero-order valence-corrected chi connectivity index (χ0v) is 12.8. The van der Waals surface area contributed by atoms with Gasteiger partial charge in [0.2, 0.25) is 0 Å². The molecule has 0 N–H and O–H groups in total. The van der Waals surface area contributed by atoms with Crippen LogP contribution in [0.3, 0.4) is 0 Å². The van der Waals surface area contributed by atoms with Crippen LogP contribution in [0.2, 0.25) is 0 Å². The zero-order chi connectivity index (χ0) is 13.8. The maximum absolute atomic E-state index is 6.07. The van der Waals surface area contributed by atoms with Crippen molar-refractivity contribution < 1.29 is 14.2 Å². The lowest BCUT2D eigenvalue weighted by Crippen LogP contribution is -2.57. The van der Waals surface area contributed by atoms with Crippen LogP contribution in [0.15, 0.2) is 0 Å². The third-order valence-corrected chi connectivity index (χ3v) is 5.12. The Hall–Kier alpha value is -0.160. The molecule has 0 aromatic rings. The molecule has 2 atom stereocenters. The van der Waals surface area contributed by atoms with E-state index in [0.29, 0.717) is 6.10 Å². The van der Waals surface area contributed by atoms with E-state index in [1.165, 1.54) is 25.7 Å². The van der Waals surface area contributed by atoms with Crippen molar-refractivity contribution in [2.75, 3.05) is 53.2 Å². The standard InChI is InChI=1S/C16H29NO3/c1-18-10-8-17-7-5-15-16(12-17,6-2-9-20-15)13-19-11-14-3-4-14/h14-15H,2-13H2,1H3/t15-,16-/m0/s1. The monoisotopic (exact) mass is 283 g/mol. The lowest BCUT2D eigenvalue weighted by molar-refractivity contribution is -0.154. The molecule has 0 aromatic heterocycles. The normalized spacial score (nSPS) is 35.0. The van der Waals surface area contributed by atoms with E-state index in [2.05, 4.69) is 4.90 Å². The Morgan fingerprint density at radius 1 is 1.30 bits per heavy atom. The second-order valence-corrected chi connectivity index (χ2v) is 6.84. The molecular formula is C16H29NO3. The lowest BCUT2D eigenvalue weighted by Gasteiger charge is -2.50. The fourth-order valence-electron chi connectivity index (χ4n) is 3.72. The summed E-state index contributed by atoms with van der Waals surface area (Å²) in [7, 11) is 1.78. The molecule has 1 saturated carbocycles. The molecule has 0 unspecified atom stereocenters. The Morgan fingerprint density at radius 2 is 2.20 bits per heavy atom. The zero-order valence-electron chi connectivity index (χ0n) is 12.8. The molecule has 0 radical (unpaired) electrons. The summed E-state index contributed by atoms with van der Waals surface area (Å²) < 4.78 is 17.4. The number of rotatable bonds is 7. The summed E-state index contributed by atoms with van der Waals surface area (Å²) in [5.41, 5.74) is 0.235. The fourth-order valence-corrected chi connectivity index (χ4v) is 3.72. The van der Waals surface area contributed by atoms with Crippen LogP contribution in [0.1, 0.15) is 32.1 Å². The third kappa shape index (κ3) is 3.53. The minimum absolute atomic E-state index is 0.235. The second kappa shape index (κ2) is 6.73. The quantitative estimate of drug-likeness (QED) is 0.714. The molecule has 0 amide bonds. The maximum atomic E-state index is 6.07. The predicted octanol–water partition coefficient (Wildman–Crippen LogP) is 1.93. The molecule has 2 saturated heterocycles.